The topological polar surface area (TPSA) is 157 Å². The molecule has 0 bridgehead atoms. The number of ether oxygens (including phenoxy) is 3. The average Bonchev–Trinajstić information content (AvgIpc) is 3.62. The highest BCUT2D eigenvalue weighted by atomic mass is 16.5. The number of hydrogen-bond acceptors (Lipinski definition) is 8. The second-order valence-electron chi connectivity index (χ2n) is 10.7. The van der Waals surface area contributed by atoms with Gasteiger partial charge < -0.3 is 43.8 Å². The second kappa shape index (κ2) is 13.1. The molecule has 1 unspecified atom stereocenters. The lowest BCUT2D eigenvalue weighted by Crippen LogP contribution is -2.18. The number of methoxy groups -OCH3 is 1. The molecule has 0 saturated heterocycles. The van der Waals surface area contributed by atoms with Crippen molar-refractivity contribution in [2.24, 2.45) is 20.0 Å². The van der Waals surface area contributed by atoms with Crippen LogP contribution in [0.25, 0.3) is 0 Å². The number of rotatable bonds is 11. The average molecular weight is 608 g/mol. The third kappa shape index (κ3) is 6.48. The second-order valence-corrected chi connectivity index (χ2v) is 10.7. The van der Waals surface area contributed by atoms with E-state index in [1.165, 1.54) is 10.8 Å². The number of carbonyl (C=O) groups excluding carboxylic acids is 3. The predicted octanol–water partition coefficient (Wildman–Crippen LogP) is 3.42. The van der Waals surface area contributed by atoms with Crippen molar-refractivity contribution in [2.75, 3.05) is 31.0 Å². The summed E-state index contributed by atoms with van der Waals surface area (Å²) in [5.41, 5.74) is 2.22. The molecular formula is C30H37N7O7. The molecule has 3 aromatic rings. The van der Waals surface area contributed by atoms with Crippen LogP contribution in [-0.2, 0) is 30.2 Å². The lowest BCUT2D eigenvalue weighted by molar-refractivity contribution is -0.406. The zero-order valence-electron chi connectivity index (χ0n) is 25.3. The first-order valence-corrected chi connectivity index (χ1v) is 14.6. The van der Waals surface area contributed by atoms with Gasteiger partial charge in [-0.2, -0.15) is 4.74 Å². The Hall–Kier alpha value is -5.01. The van der Waals surface area contributed by atoms with Gasteiger partial charge in [0, 0.05) is 39.5 Å². The maximum atomic E-state index is 12.9. The van der Waals surface area contributed by atoms with Crippen LogP contribution in [0.4, 0.5) is 11.5 Å². The largest absolute Gasteiger partial charge is 0.618 e. The van der Waals surface area contributed by atoms with Crippen molar-refractivity contribution in [3.8, 4) is 11.5 Å². The molecule has 0 aromatic carbocycles. The first-order valence-electron chi connectivity index (χ1n) is 14.6. The summed E-state index contributed by atoms with van der Waals surface area (Å²) in [4.78, 5) is 41.6. The lowest BCUT2D eigenvalue weighted by atomic mass is 9.92. The van der Waals surface area contributed by atoms with Crippen molar-refractivity contribution < 1.29 is 33.3 Å². The molecule has 1 aliphatic heterocycles. The van der Waals surface area contributed by atoms with E-state index >= 15 is 0 Å². The minimum atomic E-state index is -0.586. The van der Waals surface area contributed by atoms with E-state index < -0.39 is 11.9 Å². The number of aromatic nitrogens is 4. The van der Waals surface area contributed by atoms with Crippen molar-refractivity contribution in [3.63, 3.8) is 0 Å². The van der Waals surface area contributed by atoms with Gasteiger partial charge in [-0.3, -0.25) is 9.59 Å². The number of nitrogens with one attached hydrogen (secondary N) is 2. The number of amides is 2. The number of esters is 1. The smallest absolute Gasteiger partial charge is 0.374 e. The SMILES string of the molecule is CCOC(=O)c1nc(NC(=O)c2cc(NC(=O)CCCOc3cn4c(c3OC)C=[N+]([O-])C3=CCCCC3C4)cn2C)cn1C. The maximum absolute atomic E-state index is 12.9. The van der Waals surface area contributed by atoms with Crippen LogP contribution in [0.2, 0.25) is 0 Å². The lowest BCUT2D eigenvalue weighted by Gasteiger charge is -2.20. The van der Waals surface area contributed by atoms with E-state index in [0.29, 0.717) is 35.8 Å². The van der Waals surface area contributed by atoms with Crippen LogP contribution in [0.1, 0.15) is 65.8 Å². The number of aryl methyl sites for hydroxylation is 2. The maximum Gasteiger partial charge on any atom is 0.374 e. The highest BCUT2D eigenvalue weighted by Crippen LogP contribution is 2.37. The predicted molar refractivity (Wildman–Crippen MR) is 161 cm³/mol. The third-order valence-electron chi connectivity index (χ3n) is 7.59. The Morgan fingerprint density at radius 2 is 1.98 bits per heavy atom. The summed E-state index contributed by atoms with van der Waals surface area (Å²) in [7, 11) is 4.85. The van der Waals surface area contributed by atoms with Gasteiger partial charge in [-0.05, 0) is 44.7 Å². The Bertz CT molecular complexity index is 1630. The van der Waals surface area contributed by atoms with Gasteiger partial charge in [-0.25, -0.2) is 9.78 Å². The third-order valence-corrected chi connectivity index (χ3v) is 7.59. The molecule has 14 heteroatoms. The molecule has 2 aliphatic rings. The summed E-state index contributed by atoms with van der Waals surface area (Å²) in [5.74, 6) is 0.156. The van der Waals surface area contributed by atoms with E-state index in [4.69, 9.17) is 14.2 Å². The molecule has 5 rings (SSSR count). The molecule has 0 fully saturated rings. The number of allylic oxidation sites excluding steroid dienone is 2. The van der Waals surface area contributed by atoms with Crippen LogP contribution >= 0.6 is 0 Å². The Kier molecular flexibility index (Phi) is 9.07. The molecule has 0 radical (unpaired) electrons. The molecule has 1 aliphatic carbocycles. The number of carbonyl (C=O) groups is 3. The fourth-order valence-corrected chi connectivity index (χ4v) is 5.51. The summed E-state index contributed by atoms with van der Waals surface area (Å²) in [6.45, 7) is 2.85. The summed E-state index contributed by atoms with van der Waals surface area (Å²) in [6.07, 6.45) is 12.1. The summed E-state index contributed by atoms with van der Waals surface area (Å²) in [6, 6.07) is 1.56. The van der Waals surface area contributed by atoms with Gasteiger partial charge in [-0.1, -0.05) is 0 Å². The number of imidazole rings is 1. The molecule has 2 amide bonds. The zero-order valence-corrected chi connectivity index (χ0v) is 25.3. The van der Waals surface area contributed by atoms with Gasteiger partial charge in [0.25, 0.3) is 5.91 Å². The van der Waals surface area contributed by atoms with Crippen LogP contribution in [0.15, 0.2) is 36.4 Å². The van der Waals surface area contributed by atoms with Gasteiger partial charge >= 0.3 is 5.97 Å². The Balaban J connectivity index is 1.13. The van der Waals surface area contributed by atoms with Gasteiger partial charge in [0.15, 0.2) is 28.7 Å². The first-order chi connectivity index (χ1) is 21.2. The molecule has 4 heterocycles. The Morgan fingerprint density at radius 1 is 1.16 bits per heavy atom. The van der Waals surface area contributed by atoms with E-state index in [0.717, 1.165) is 29.7 Å². The standard InChI is InChI=1S/C30H37N7O7/c1-5-43-30(40)28-32-25(18-35(28)3)33-29(39)22-13-20(15-34(22)2)31-26(38)11-8-12-44-24-17-36-14-19-9-6-7-10-21(19)37(41)16-23(36)27(24)42-4/h10,13,15-19H,5-9,11-12,14H2,1-4H3,(H,31,38)(H,33,39). The molecular weight excluding hydrogens is 570 g/mol. The van der Waals surface area contributed by atoms with Gasteiger partial charge in [0.2, 0.25) is 17.9 Å². The summed E-state index contributed by atoms with van der Waals surface area (Å²) >= 11 is 0. The van der Waals surface area contributed by atoms with Crippen molar-refractivity contribution >= 4 is 35.5 Å². The quantitative estimate of drug-likeness (QED) is 0.145. The number of anilines is 2. The van der Waals surface area contributed by atoms with Crippen molar-refractivity contribution in [2.45, 2.75) is 45.6 Å². The van der Waals surface area contributed by atoms with Crippen molar-refractivity contribution in [3.05, 3.63) is 58.8 Å². The monoisotopic (exact) mass is 607 g/mol. The van der Waals surface area contributed by atoms with Crippen LogP contribution in [0.5, 0.6) is 11.5 Å². The van der Waals surface area contributed by atoms with Crippen LogP contribution < -0.4 is 20.1 Å². The number of fused-ring (bicyclic) bond motifs is 2. The Morgan fingerprint density at radius 3 is 2.75 bits per heavy atom. The van der Waals surface area contributed by atoms with E-state index in [1.54, 1.807) is 51.2 Å². The molecule has 0 saturated carbocycles. The number of hydroxylamine groups is 1. The van der Waals surface area contributed by atoms with E-state index in [2.05, 4.69) is 15.6 Å². The molecule has 234 valence electrons. The molecule has 1 atom stereocenters. The van der Waals surface area contributed by atoms with Gasteiger partial charge in [0.1, 0.15) is 5.69 Å². The highest BCUT2D eigenvalue weighted by Gasteiger charge is 2.31. The highest BCUT2D eigenvalue weighted by molar-refractivity contribution is 6.04. The van der Waals surface area contributed by atoms with Crippen LogP contribution in [-0.4, -0.2) is 67.7 Å². The number of hydrogen-bond donors (Lipinski definition) is 2. The molecule has 2 N–H and O–H groups in total. The fourth-order valence-electron chi connectivity index (χ4n) is 5.51. The van der Waals surface area contributed by atoms with Crippen molar-refractivity contribution in [1.82, 2.24) is 18.7 Å². The van der Waals surface area contributed by atoms with Crippen molar-refractivity contribution in [1.29, 1.82) is 0 Å². The minimum Gasteiger partial charge on any atom is -0.618 e. The fraction of sp³-hybridized carbons (Fsp3) is 0.433. The van der Waals surface area contributed by atoms with Gasteiger partial charge in [0.05, 0.1) is 38.1 Å². The van der Waals surface area contributed by atoms with Gasteiger partial charge in [-0.15, -0.1) is 0 Å². The molecule has 14 nitrogen and oxygen atoms in total. The summed E-state index contributed by atoms with van der Waals surface area (Å²) in [5, 5.41) is 18.2. The Labute approximate surface area is 254 Å². The van der Waals surface area contributed by atoms with E-state index in [9.17, 15) is 19.6 Å². The normalized spacial score (nSPS) is 15.7. The van der Waals surface area contributed by atoms with E-state index in [1.807, 2.05) is 16.8 Å². The molecule has 0 spiro atoms. The number of nitrogens with zero attached hydrogens (tertiary/aromatic N) is 5. The first kappa shape index (κ1) is 30.4. The summed E-state index contributed by atoms with van der Waals surface area (Å²) < 4.78 is 22.5. The molecule has 3 aromatic heterocycles. The molecule has 44 heavy (non-hydrogen) atoms. The zero-order chi connectivity index (χ0) is 31.4. The minimum absolute atomic E-state index is 0.0690. The van der Waals surface area contributed by atoms with Crippen LogP contribution in [0.3, 0.4) is 0 Å². The van der Waals surface area contributed by atoms with Crippen LogP contribution in [0, 0.1) is 11.1 Å². The van der Waals surface area contributed by atoms with E-state index in [-0.39, 0.29) is 48.8 Å².